The number of amides is 1. The van der Waals surface area contributed by atoms with Gasteiger partial charge < -0.3 is 15.4 Å². The molecule has 0 aromatic carbocycles. The first-order valence-electron chi connectivity index (χ1n) is 7.58. The Morgan fingerprint density at radius 3 is 2.63 bits per heavy atom. The van der Waals surface area contributed by atoms with E-state index >= 15 is 0 Å². The van der Waals surface area contributed by atoms with Crippen molar-refractivity contribution >= 4 is 6.09 Å². The molecule has 2 N–H and O–H groups in total. The molecule has 4 heteroatoms. The maximum Gasteiger partial charge on any atom is 0.410 e. The van der Waals surface area contributed by atoms with E-state index in [-0.39, 0.29) is 6.09 Å². The van der Waals surface area contributed by atoms with Gasteiger partial charge in [0.05, 0.1) is 0 Å². The van der Waals surface area contributed by atoms with E-state index in [1.54, 1.807) is 0 Å². The predicted octanol–water partition coefficient (Wildman–Crippen LogP) is 2.76. The fourth-order valence-corrected chi connectivity index (χ4v) is 3.37. The third kappa shape index (κ3) is 4.10. The smallest absolute Gasteiger partial charge is 0.410 e. The molecule has 0 aromatic heterocycles. The largest absolute Gasteiger partial charge is 0.444 e. The molecule has 110 valence electrons. The highest BCUT2D eigenvalue weighted by atomic mass is 16.6. The van der Waals surface area contributed by atoms with Crippen molar-refractivity contribution in [3.8, 4) is 0 Å². The molecule has 0 aromatic rings. The number of hydrogen-bond donors (Lipinski definition) is 1. The quantitative estimate of drug-likeness (QED) is 0.735. The summed E-state index contributed by atoms with van der Waals surface area (Å²) in [4.78, 5) is 14.1. The predicted molar refractivity (Wildman–Crippen MR) is 75.8 cm³/mol. The molecule has 3 unspecified atom stereocenters. The van der Waals surface area contributed by atoms with Crippen molar-refractivity contribution in [2.75, 3.05) is 13.1 Å². The van der Waals surface area contributed by atoms with E-state index in [2.05, 4.69) is 0 Å². The van der Waals surface area contributed by atoms with Crippen molar-refractivity contribution in [1.82, 2.24) is 4.90 Å². The molecule has 2 fully saturated rings. The van der Waals surface area contributed by atoms with Crippen LogP contribution in [0.1, 0.15) is 52.9 Å². The zero-order chi connectivity index (χ0) is 14.0. The molecule has 2 rings (SSSR count). The minimum atomic E-state index is -0.405. The van der Waals surface area contributed by atoms with Gasteiger partial charge in [0.2, 0.25) is 0 Å². The normalized spacial score (nSPS) is 32.4. The molecule has 4 nitrogen and oxygen atoms in total. The Labute approximate surface area is 116 Å². The van der Waals surface area contributed by atoms with Crippen LogP contribution in [0.5, 0.6) is 0 Å². The summed E-state index contributed by atoms with van der Waals surface area (Å²) in [5.74, 6) is 1.33. The van der Waals surface area contributed by atoms with Gasteiger partial charge in [-0.15, -0.1) is 0 Å². The van der Waals surface area contributed by atoms with Crippen molar-refractivity contribution in [1.29, 1.82) is 0 Å². The van der Waals surface area contributed by atoms with Crippen LogP contribution in [-0.4, -0.2) is 35.7 Å². The van der Waals surface area contributed by atoms with Gasteiger partial charge in [0, 0.05) is 19.1 Å². The third-order valence-electron chi connectivity index (χ3n) is 4.29. The van der Waals surface area contributed by atoms with E-state index in [1.165, 1.54) is 6.42 Å². The summed E-state index contributed by atoms with van der Waals surface area (Å²) in [6, 6.07) is 0.370. The molecule has 1 saturated carbocycles. The van der Waals surface area contributed by atoms with Crippen molar-refractivity contribution in [2.45, 2.75) is 64.5 Å². The fraction of sp³-hybridized carbons (Fsp3) is 0.933. The van der Waals surface area contributed by atoms with Gasteiger partial charge in [-0.1, -0.05) is 0 Å². The Balaban J connectivity index is 1.95. The van der Waals surface area contributed by atoms with Crippen LogP contribution in [-0.2, 0) is 4.74 Å². The molecular formula is C15H28N2O2. The summed E-state index contributed by atoms with van der Waals surface area (Å²) < 4.78 is 5.50. The van der Waals surface area contributed by atoms with Gasteiger partial charge in [-0.2, -0.15) is 0 Å². The standard InChI is InChI=1S/C15H28N2O2/c1-15(2,3)19-14(18)17-8-4-5-11-9-13(16)7-6-12(11)10-17/h11-13H,4-10,16H2,1-3H3. The summed E-state index contributed by atoms with van der Waals surface area (Å²) in [6.07, 6.45) is 5.52. The van der Waals surface area contributed by atoms with E-state index in [4.69, 9.17) is 10.5 Å². The van der Waals surface area contributed by atoms with Gasteiger partial charge in [0.25, 0.3) is 0 Å². The average Bonchev–Trinajstić information content (AvgIpc) is 2.48. The van der Waals surface area contributed by atoms with Gasteiger partial charge in [0.1, 0.15) is 5.60 Å². The van der Waals surface area contributed by atoms with Crippen LogP contribution in [0.3, 0.4) is 0 Å². The van der Waals surface area contributed by atoms with Gasteiger partial charge in [-0.25, -0.2) is 4.79 Å². The highest BCUT2D eigenvalue weighted by molar-refractivity contribution is 5.68. The lowest BCUT2D eigenvalue weighted by Crippen LogP contribution is -2.41. The summed E-state index contributed by atoms with van der Waals surface area (Å²) in [5, 5.41) is 0. The zero-order valence-electron chi connectivity index (χ0n) is 12.5. The summed E-state index contributed by atoms with van der Waals surface area (Å²) in [6.45, 7) is 7.45. The first-order valence-corrected chi connectivity index (χ1v) is 7.58. The van der Waals surface area contributed by atoms with Crippen LogP contribution < -0.4 is 5.73 Å². The van der Waals surface area contributed by atoms with Crippen LogP contribution in [0.2, 0.25) is 0 Å². The van der Waals surface area contributed by atoms with Crippen LogP contribution >= 0.6 is 0 Å². The second kappa shape index (κ2) is 5.70. The first kappa shape index (κ1) is 14.6. The van der Waals surface area contributed by atoms with Crippen molar-refractivity contribution < 1.29 is 9.53 Å². The molecule has 1 amide bonds. The van der Waals surface area contributed by atoms with E-state index < -0.39 is 5.60 Å². The molecule has 1 aliphatic heterocycles. The average molecular weight is 268 g/mol. The van der Waals surface area contributed by atoms with Crippen LogP contribution in [0.4, 0.5) is 4.79 Å². The molecular weight excluding hydrogens is 240 g/mol. The molecule has 0 bridgehead atoms. The highest BCUT2D eigenvalue weighted by Crippen LogP contribution is 2.35. The van der Waals surface area contributed by atoms with Crippen molar-refractivity contribution in [3.05, 3.63) is 0 Å². The number of likely N-dealkylation sites (tertiary alicyclic amines) is 1. The van der Waals surface area contributed by atoms with Gasteiger partial charge in [-0.05, 0) is 64.7 Å². The Kier molecular flexibility index (Phi) is 4.39. The van der Waals surface area contributed by atoms with E-state index in [9.17, 15) is 4.79 Å². The van der Waals surface area contributed by atoms with E-state index in [1.807, 2.05) is 25.7 Å². The second-order valence-electron chi connectivity index (χ2n) is 7.16. The zero-order valence-corrected chi connectivity index (χ0v) is 12.5. The fourth-order valence-electron chi connectivity index (χ4n) is 3.37. The maximum absolute atomic E-state index is 12.2. The summed E-state index contributed by atoms with van der Waals surface area (Å²) >= 11 is 0. The van der Waals surface area contributed by atoms with Gasteiger partial charge in [0.15, 0.2) is 0 Å². The Morgan fingerprint density at radius 1 is 1.21 bits per heavy atom. The van der Waals surface area contributed by atoms with Crippen molar-refractivity contribution in [2.24, 2.45) is 17.6 Å². The summed E-state index contributed by atoms with van der Waals surface area (Å²) in [7, 11) is 0. The Morgan fingerprint density at radius 2 is 1.95 bits per heavy atom. The highest BCUT2D eigenvalue weighted by Gasteiger charge is 2.34. The number of carbonyl (C=O) groups excluding carboxylic acids is 1. The van der Waals surface area contributed by atoms with Crippen LogP contribution in [0, 0.1) is 11.8 Å². The third-order valence-corrected chi connectivity index (χ3v) is 4.29. The molecule has 1 aliphatic carbocycles. The van der Waals surface area contributed by atoms with E-state index in [0.717, 1.165) is 38.8 Å². The molecule has 2 aliphatic rings. The minimum absolute atomic E-state index is 0.150. The lowest BCUT2D eigenvalue weighted by atomic mass is 9.75. The number of fused-ring (bicyclic) bond motifs is 1. The SMILES string of the molecule is CC(C)(C)OC(=O)N1CCCC2CC(N)CCC2C1. The Bertz CT molecular complexity index is 325. The van der Waals surface area contributed by atoms with E-state index in [0.29, 0.717) is 17.9 Å². The molecule has 1 saturated heterocycles. The number of hydrogen-bond acceptors (Lipinski definition) is 3. The minimum Gasteiger partial charge on any atom is -0.444 e. The lowest BCUT2D eigenvalue weighted by molar-refractivity contribution is 0.0215. The maximum atomic E-state index is 12.2. The van der Waals surface area contributed by atoms with Crippen LogP contribution in [0.25, 0.3) is 0 Å². The van der Waals surface area contributed by atoms with Gasteiger partial charge >= 0.3 is 6.09 Å². The first-order chi connectivity index (χ1) is 8.85. The molecule has 1 heterocycles. The number of rotatable bonds is 0. The number of carbonyl (C=O) groups is 1. The monoisotopic (exact) mass is 268 g/mol. The molecule has 3 atom stereocenters. The number of ether oxygens (including phenoxy) is 1. The summed E-state index contributed by atoms with van der Waals surface area (Å²) in [5.41, 5.74) is 5.66. The molecule has 0 spiro atoms. The van der Waals surface area contributed by atoms with Gasteiger partial charge in [-0.3, -0.25) is 0 Å². The number of nitrogens with two attached hydrogens (primary N) is 1. The van der Waals surface area contributed by atoms with Crippen LogP contribution in [0.15, 0.2) is 0 Å². The molecule has 19 heavy (non-hydrogen) atoms. The Hall–Kier alpha value is -0.770. The second-order valence-corrected chi connectivity index (χ2v) is 7.16. The topological polar surface area (TPSA) is 55.6 Å². The van der Waals surface area contributed by atoms with Crippen molar-refractivity contribution in [3.63, 3.8) is 0 Å². The molecule has 0 radical (unpaired) electrons. The number of nitrogens with zero attached hydrogens (tertiary/aromatic N) is 1. The lowest BCUT2D eigenvalue weighted by Gasteiger charge is -2.35.